The van der Waals surface area contributed by atoms with Crippen LogP contribution < -0.4 is 4.90 Å². The van der Waals surface area contributed by atoms with Gasteiger partial charge in [-0.15, -0.1) is 0 Å². The van der Waals surface area contributed by atoms with Gasteiger partial charge in [0.2, 0.25) is 0 Å². The molecule has 2 aliphatic heterocycles. The van der Waals surface area contributed by atoms with Gasteiger partial charge in [0.25, 0.3) is 11.7 Å². The fourth-order valence-corrected chi connectivity index (χ4v) is 3.81. The summed E-state index contributed by atoms with van der Waals surface area (Å²) < 4.78 is 10.1. The molecule has 31 heavy (non-hydrogen) atoms. The third kappa shape index (κ3) is 4.90. The van der Waals surface area contributed by atoms with E-state index in [1.54, 1.807) is 4.90 Å². The second-order valence-corrected chi connectivity index (χ2v) is 8.83. The molecule has 0 radical (unpaired) electrons. The highest BCUT2D eigenvalue weighted by molar-refractivity contribution is 6.55. The number of nitrogens with zero attached hydrogens (tertiary/aromatic N) is 2. The van der Waals surface area contributed by atoms with Crippen molar-refractivity contribution in [3.05, 3.63) is 39.9 Å². The number of amides is 2. The Balaban J connectivity index is 1.72. The first-order valence-corrected chi connectivity index (χ1v) is 10.3. The van der Waals surface area contributed by atoms with Crippen LogP contribution in [-0.4, -0.2) is 61.0 Å². The fourth-order valence-electron chi connectivity index (χ4n) is 3.51. The summed E-state index contributed by atoms with van der Waals surface area (Å²) in [6.45, 7) is 6.67. The van der Waals surface area contributed by atoms with E-state index in [4.69, 9.17) is 21.1 Å². The number of Topliss-reactive ketones (excluding diaryl/α,β-unsaturated/α-hetero) is 1. The maximum atomic E-state index is 12.5. The highest BCUT2D eigenvalue weighted by atomic mass is 35.5. The molecule has 0 aromatic heterocycles. The van der Waals surface area contributed by atoms with Crippen molar-refractivity contribution >= 4 is 41.0 Å². The lowest BCUT2D eigenvalue weighted by Crippen LogP contribution is -2.40. The number of ketones is 1. The number of methoxy groups -OCH3 is 1. The lowest BCUT2D eigenvalue weighted by molar-refractivity contribution is -0.114. The summed E-state index contributed by atoms with van der Waals surface area (Å²) in [7, 11) is 1.24. The van der Waals surface area contributed by atoms with Gasteiger partial charge in [0.15, 0.2) is 0 Å². The van der Waals surface area contributed by atoms with E-state index in [1.165, 1.54) is 24.1 Å². The molecule has 8 nitrogen and oxygen atoms in total. The predicted octanol–water partition coefficient (Wildman–Crippen LogP) is 3.61. The minimum atomic E-state index is -0.699. The Bertz CT molecular complexity index is 969. The summed E-state index contributed by atoms with van der Waals surface area (Å²) in [4.78, 5) is 52.0. The average Bonchev–Trinajstić information content (AvgIpc) is 2.95. The third-order valence-electron chi connectivity index (χ3n) is 5.07. The van der Waals surface area contributed by atoms with Crippen molar-refractivity contribution < 1.29 is 28.7 Å². The predicted molar refractivity (Wildman–Crippen MR) is 115 cm³/mol. The standard InChI is InChI=1S/C22H25ClN2O6/c1-22(2,3)31-21(29)24-8-5-13(6-9-24)7-10-25-16-12-14(20(28)30-4)11-15(23)17(16)18(26)19(25)27/h7,11-12H,5-6,8-10H2,1-4H3. The smallest absolute Gasteiger partial charge is 0.410 e. The number of anilines is 1. The average molecular weight is 449 g/mol. The molecule has 3 rings (SSSR count). The number of ether oxygens (including phenoxy) is 2. The van der Waals surface area contributed by atoms with Crippen LogP contribution in [0.15, 0.2) is 23.8 Å². The Morgan fingerprint density at radius 3 is 2.39 bits per heavy atom. The van der Waals surface area contributed by atoms with E-state index in [2.05, 4.69) is 0 Å². The molecule has 0 aliphatic carbocycles. The topological polar surface area (TPSA) is 93.2 Å². The Morgan fingerprint density at radius 1 is 1.16 bits per heavy atom. The zero-order valence-electron chi connectivity index (χ0n) is 18.0. The van der Waals surface area contributed by atoms with E-state index in [1.807, 2.05) is 26.8 Å². The maximum absolute atomic E-state index is 12.5. The number of esters is 1. The molecule has 166 valence electrons. The van der Waals surface area contributed by atoms with Gasteiger partial charge < -0.3 is 19.3 Å². The van der Waals surface area contributed by atoms with Crippen LogP contribution in [0.2, 0.25) is 5.02 Å². The molecule has 0 saturated carbocycles. The number of hydrogen-bond acceptors (Lipinski definition) is 6. The number of carbonyl (C=O) groups is 4. The first-order valence-electron chi connectivity index (χ1n) is 9.95. The molecule has 2 aliphatic rings. The van der Waals surface area contributed by atoms with Crippen molar-refractivity contribution in [3.63, 3.8) is 0 Å². The van der Waals surface area contributed by atoms with Crippen molar-refractivity contribution in [2.45, 2.75) is 39.2 Å². The van der Waals surface area contributed by atoms with Crippen LogP contribution in [0.5, 0.6) is 0 Å². The van der Waals surface area contributed by atoms with Crippen molar-refractivity contribution in [2.24, 2.45) is 0 Å². The second-order valence-electron chi connectivity index (χ2n) is 8.42. The first kappa shape index (κ1) is 22.8. The van der Waals surface area contributed by atoms with Gasteiger partial charge in [-0.1, -0.05) is 23.3 Å². The molecule has 2 amide bonds. The number of fused-ring (bicyclic) bond motifs is 1. The van der Waals surface area contributed by atoms with Crippen LogP contribution in [0.4, 0.5) is 10.5 Å². The van der Waals surface area contributed by atoms with Gasteiger partial charge in [0.1, 0.15) is 5.60 Å². The number of likely N-dealkylation sites (tertiary alicyclic amines) is 1. The molecule has 1 saturated heterocycles. The largest absolute Gasteiger partial charge is 0.465 e. The minimum absolute atomic E-state index is 0.0390. The molecular weight excluding hydrogens is 424 g/mol. The summed E-state index contributed by atoms with van der Waals surface area (Å²) in [5.41, 5.74) is 1.08. The molecule has 0 bridgehead atoms. The van der Waals surface area contributed by atoms with Gasteiger partial charge in [-0.3, -0.25) is 9.59 Å². The van der Waals surface area contributed by atoms with Crippen molar-refractivity contribution in [1.29, 1.82) is 0 Å². The van der Waals surface area contributed by atoms with Crippen LogP contribution >= 0.6 is 11.6 Å². The van der Waals surface area contributed by atoms with Gasteiger partial charge in [-0.2, -0.15) is 0 Å². The van der Waals surface area contributed by atoms with Crippen molar-refractivity contribution in [2.75, 3.05) is 31.6 Å². The van der Waals surface area contributed by atoms with Crippen LogP contribution in [0.3, 0.4) is 0 Å². The van der Waals surface area contributed by atoms with Crippen LogP contribution in [0.25, 0.3) is 0 Å². The molecule has 1 aromatic carbocycles. The molecule has 0 atom stereocenters. The Labute approximate surface area is 185 Å². The molecule has 2 heterocycles. The molecule has 1 fully saturated rings. The number of piperidine rings is 1. The minimum Gasteiger partial charge on any atom is -0.465 e. The van der Waals surface area contributed by atoms with E-state index in [-0.39, 0.29) is 28.8 Å². The molecule has 0 spiro atoms. The zero-order chi connectivity index (χ0) is 22.9. The summed E-state index contributed by atoms with van der Waals surface area (Å²) in [6.07, 6.45) is 2.83. The van der Waals surface area contributed by atoms with Gasteiger partial charge in [-0.25, -0.2) is 9.59 Å². The zero-order valence-corrected chi connectivity index (χ0v) is 18.7. The van der Waals surface area contributed by atoms with Gasteiger partial charge in [0.05, 0.1) is 28.9 Å². The van der Waals surface area contributed by atoms with E-state index in [0.717, 1.165) is 5.57 Å². The SMILES string of the molecule is COC(=O)c1cc(Cl)c2c(c1)N(CC=C1CCN(C(=O)OC(C)(C)C)CC1)C(=O)C2=O. The molecule has 1 aromatic rings. The number of halogens is 1. The summed E-state index contributed by atoms with van der Waals surface area (Å²) in [6, 6.07) is 2.77. The fraction of sp³-hybridized carbons (Fsp3) is 0.455. The Kier molecular flexibility index (Phi) is 6.40. The van der Waals surface area contributed by atoms with Crippen LogP contribution in [0.1, 0.15) is 54.3 Å². The molecule has 0 N–H and O–H groups in total. The first-order chi connectivity index (χ1) is 14.5. The van der Waals surface area contributed by atoms with E-state index in [0.29, 0.717) is 31.6 Å². The number of rotatable bonds is 3. The van der Waals surface area contributed by atoms with Crippen molar-refractivity contribution in [1.82, 2.24) is 4.90 Å². The summed E-state index contributed by atoms with van der Waals surface area (Å²) >= 11 is 6.17. The lowest BCUT2D eigenvalue weighted by atomic mass is 10.0. The highest BCUT2D eigenvalue weighted by Gasteiger charge is 2.38. The monoisotopic (exact) mass is 448 g/mol. The van der Waals surface area contributed by atoms with E-state index < -0.39 is 23.3 Å². The molecular formula is C22H25ClN2O6. The Morgan fingerprint density at radius 2 is 1.81 bits per heavy atom. The molecule has 0 unspecified atom stereocenters. The van der Waals surface area contributed by atoms with Gasteiger partial charge >= 0.3 is 12.1 Å². The lowest BCUT2D eigenvalue weighted by Gasteiger charge is -2.31. The van der Waals surface area contributed by atoms with Crippen LogP contribution in [-0.2, 0) is 14.3 Å². The van der Waals surface area contributed by atoms with Gasteiger partial charge in [0, 0.05) is 19.6 Å². The highest BCUT2D eigenvalue weighted by Crippen LogP contribution is 2.36. The van der Waals surface area contributed by atoms with Gasteiger partial charge in [-0.05, 0) is 45.7 Å². The number of benzene rings is 1. The molecule has 9 heteroatoms. The summed E-state index contributed by atoms with van der Waals surface area (Å²) in [5.74, 6) is -2.00. The number of hydrogen-bond donors (Lipinski definition) is 0. The van der Waals surface area contributed by atoms with E-state index in [9.17, 15) is 19.2 Å². The van der Waals surface area contributed by atoms with E-state index >= 15 is 0 Å². The quantitative estimate of drug-likeness (QED) is 0.398. The van der Waals surface area contributed by atoms with Crippen molar-refractivity contribution in [3.8, 4) is 0 Å². The Hall–Kier alpha value is -2.87. The summed E-state index contributed by atoms with van der Waals surface area (Å²) in [5, 5.41) is 0.0390. The number of carbonyl (C=O) groups excluding carboxylic acids is 4. The maximum Gasteiger partial charge on any atom is 0.410 e. The third-order valence-corrected chi connectivity index (χ3v) is 5.37. The second kappa shape index (κ2) is 8.70. The normalized spacial score (nSPS) is 16.4. The van der Waals surface area contributed by atoms with Crippen LogP contribution in [0, 0.1) is 0 Å².